The van der Waals surface area contributed by atoms with E-state index in [2.05, 4.69) is 62.1 Å². The van der Waals surface area contributed by atoms with Crippen molar-refractivity contribution < 1.29 is 4.79 Å². The first kappa shape index (κ1) is 19.9. The third-order valence-corrected chi connectivity index (χ3v) is 6.71. The van der Waals surface area contributed by atoms with E-state index < -0.39 is 0 Å². The van der Waals surface area contributed by atoms with Crippen molar-refractivity contribution in [3.8, 4) is 0 Å². The van der Waals surface area contributed by atoms with Crippen LogP contribution in [0.5, 0.6) is 0 Å². The number of nitrogens with zero attached hydrogens (tertiary/aromatic N) is 4. The first-order valence-corrected chi connectivity index (χ1v) is 11.2. The van der Waals surface area contributed by atoms with E-state index in [1.807, 2.05) is 16.6 Å². The van der Waals surface area contributed by atoms with Gasteiger partial charge in [0.15, 0.2) is 5.82 Å². The van der Waals surface area contributed by atoms with Crippen LogP contribution in [-0.2, 0) is 26.4 Å². The van der Waals surface area contributed by atoms with E-state index >= 15 is 0 Å². The fourth-order valence-corrected chi connectivity index (χ4v) is 5.42. The highest BCUT2D eigenvalue weighted by molar-refractivity contribution is 5.96. The maximum absolute atomic E-state index is 13.6. The molecule has 2 aliphatic heterocycles. The average Bonchev–Trinajstić information content (AvgIpc) is 3.08. The largest absolute Gasteiger partial charge is 0.333 e. The molecule has 3 aromatic rings. The number of amides is 1. The van der Waals surface area contributed by atoms with Crippen LogP contribution in [-0.4, -0.2) is 33.7 Å². The molecule has 0 aliphatic carbocycles. The molecule has 5 rings (SSSR count). The van der Waals surface area contributed by atoms with Gasteiger partial charge in [0.05, 0.1) is 0 Å². The second-order valence-corrected chi connectivity index (χ2v) is 9.02. The zero-order chi connectivity index (χ0) is 21.7. The molecule has 0 saturated heterocycles. The van der Waals surface area contributed by atoms with Crippen molar-refractivity contribution in [1.29, 1.82) is 0 Å². The standard InChI is InChI=1S/C26H30N4O/c1-17-14-18(2)23(19(3)15-17)30-12-7-10-22-24(28(4)27-25(22)30)26(31)29-13-11-20-8-5-6-9-21(20)16-29/h5-6,8-9,14-15H,7,10-13,16H2,1-4H3. The zero-order valence-electron chi connectivity index (χ0n) is 18.9. The smallest absolute Gasteiger partial charge is 0.272 e. The third kappa shape index (κ3) is 3.32. The molecule has 0 N–H and O–H groups in total. The molecule has 1 aromatic heterocycles. The zero-order valence-corrected chi connectivity index (χ0v) is 18.9. The summed E-state index contributed by atoms with van der Waals surface area (Å²) < 4.78 is 1.81. The number of benzene rings is 2. The van der Waals surface area contributed by atoms with E-state index in [0.29, 0.717) is 6.54 Å². The molecule has 0 atom stereocenters. The van der Waals surface area contributed by atoms with Gasteiger partial charge in [-0.25, -0.2) is 0 Å². The highest BCUT2D eigenvalue weighted by Gasteiger charge is 2.33. The molecule has 2 aromatic carbocycles. The summed E-state index contributed by atoms with van der Waals surface area (Å²) in [4.78, 5) is 17.9. The molecular weight excluding hydrogens is 384 g/mol. The van der Waals surface area contributed by atoms with Crippen LogP contribution in [0.25, 0.3) is 0 Å². The lowest BCUT2D eigenvalue weighted by Gasteiger charge is -2.31. The highest BCUT2D eigenvalue weighted by Crippen LogP contribution is 2.38. The van der Waals surface area contributed by atoms with Gasteiger partial charge in [0.2, 0.25) is 0 Å². The Labute approximate surface area is 184 Å². The Morgan fingerprint density at radius 1 is 0.968 bits per heavy atom. The van der Waals surface area contributed by atoms with Gasteiger partial charge < -0.3 is 9.80 Å². The molecule has 5 heteroatoms. The van der Waals surface area contributed by atoms with Crippen LogP contribution in [0.2, 0.25) is 0 Å². The Balaban J connectivity index is 1.52. The van der Waals surface area contributed by atoms with E-state index in [1.165, 1.54) is 33.5 Å². The summed E-state index contributed by atoms with van der Waals surface area (Å²) in [6, 6.07) is 12.9. The van der Waals surface area contributed by atoms with Gasteiger partial charge in [0.25, 0.3) is 5.91 Å². The quantitative estimate of drug-likeness (QED) is 0.614. The van der Waals surface area contributed by atoms with Crippen LogP contribution in [0.15, 0.2) is 36.4 Å². The molecule has 1 amide bonds. The van der Waals surface area contributed by atoms with Crippen LogP contribution in [0.1, 0.15) is 50.3 Å². The van der Waals surface area contributed by atoms with Gasteiger partial charge >= 0.3 is 0 Å². The van der Waals surface area contributed by atoms with Crippen molar-refractivity contribution in [2.24, 2.45) is 7.05 Å². The maximum Gasteiger partial charge on any atom is 0.272 e. The lowest BCUT2D eigenvalue weighted by Crippen LogP contribution is -2.37. The first-order chi connectivity index (χ1) is 14.9. The predicted molar refractivity (Wildman–Crippen MR) is 124 cm³/mol. The molecule has 0 spiro atoms. The summed E-state index contributed by atoms with van der Waals surface area (Å²) in [5.74, 6) is 1.05. The highest BCUT2D eigenvalue weighted by atomic mass is 16.2. The normalized spacial score (nSPS) is 15.6. The Kier molecular flexibility index (Phi) is 4.84. The molecule has 5 nitrogen and oxygen atoms in total. The average molecular weight is 415 g/mol. The minimum absolute atomic E-state index is 0.102. The molecule has 0 radical (unpaired) electrons. The number of hydrogen-bond donors (Lipinski definition) is 0. The Morgan fingerprint density at radius 3 is 2.42 bits per heavy atom. The number of rotatable bonds is 2. The molecule has 0 unspecified atom stereocenters. The first-order valence-electron chi connectivity index (χ1n) is 11.2. The molecule has 0 saturated carbocycles. The van der Waals surface area contributed by atoms with Gasteiger partial charge in [-0.05, 0) is 62.3 Å². The minimum atomic E-state index is 0.102. The Bertz CT molecular complexity index is 1150. The van der Waals surface area contributed by atoms with Crippen LogP contribution < -0.4 is 4.90 Å². The monoisotopic (exact) mass is 414 g/mol. The van der Waals surface area contributed by atoms with Gasteiger partial charge in [-0.3, -0.25) is 9.48 Å². The van der Waals surface area contributed by atoms with E-state index in [4.69, 9.17) is 5.10 Å². The SMILES string of the molecule is Cc1cc(C)c(N2CCCc3c2nn(C)c3C(=O)N2CCc3ccccc3C2)c(C)c1. The summed E-state index contributed by atoms with van der Waals surface area (Å²) in [5, 5.41) is 4.87. The van der Waals surface area contributed by atoms with Crippen molar-refractivity contribution in [2.45, 2.75) is 46.6 Å². The van der Waals surface area contributed by atoms with Gasteiger partial charge in [-0.2, -0.15) is 5.10 Å². The topological polar surface area (TPSA) is 41.4 Å². The Hall–Kier alpha value is -3.08. The lowest BCUT2D eigenvalue weighted by atomic mass is 9.97. The Morgan fingerprint density at radius 2 is 1.68 bits per heavy atom. The summed E-state index contributed by atoms with van der Waals surface area (Å²) in [6.45, 7) is 8.84. The molecule has 0 fully saturated rings. The number of aryl methyl sites for hydroxylation is 4. The summed E-state index contributed by atoms with van der Waals surface area (Å²) in [7, 11) is 1.91. The molecule has 160 valence electrons. The van der Waals surface area contributed by atoms with Crippen LogP contribution >= 0.6 is 0 Å². The molecule has 2 aliphatic rings. The van der Waals surface area contributed by atoms with Gasteiger partial charge in [0, 0.05) is 37.9 Å². The molecule has 31 heavy (non-hydrogen) atoms. The lowest BCUT2D eigenvalue weighted by molar-refractivity contribution is 0.0722. The number of anilines is 2. The summed E-state index contributed by atoms with van der Waals surface area (Å²) >= 11 is 0. The number of hydrogen-bond acceptors (Lipinski definition) is 3. The molecule has 0 bridgehead atoms. The van der Waals surface area contributed by atoms with Gasteiger partial charge in [-0.15, -0.1) is 0 Å². The van der Waals surface area contributed by atoms with Gasteiger partial charge in [0.1, 0.15) is 5.69 Å². The maximum atomic E-state index is 13.6. The van der Waals surface area contributed by atoms with Crippen molar-refractivity contribution in [1.82, 2.24) is 14.7 Å². The van der Waals surface area contributed by atoms with Gasteiger partial charge in [-0.1, -0.05) is 42.0 Å². The number of aromatic nitrogens is 2. The van der Waals surface area contributed by atoms with E-state index in [0.717, 1.165) is 49.4 Å². The predicted octanol–water partition coefficient (Wildman–Crippen LogP) is 4.63. The van der Waals surface area contributed by atoms with Crippen LogP contribution in [0, 0.1) is 20.8 Å². The number of carbonyl (C=O) groups is 1. The summed E-state index contributed by atoms with van der Waals surface area (Å²) in [5.41, 5.74) is 9.49. The van der Waals surface area contributed by atoms with Crippen LogP contribution in [0.4, 0.5) is 11.5 Å². The van der Waals surface area contributed by atoms with Crippen molar-refractivity contribution in [3.63, 3.8) is 0 Å². The van der Waals surface area contributed by atoms with Crippen molar-refractivity contribution >= 4 is 17.4 Å². The van der Waals surface area contributed by atoms with E-state index in [-0.39, 0.29) is 5.91 Å². The number of carbonyl (C=O) groups excluding carboxylic acids is 1. The van der Waals surface area contributed by atoms with Crippen LogP contribution in [0.3, 0.4) is 0 Å². The van der Waals surface area contributed by atoms with E-state index in [1.54, 1.807) is 0 Å². The second-order valence-electron chi connectivity index (χ2n) is 9.02. The minimum Gasteiger partial charge on any atom is -0.333 e. The molecule has 3 heterocycles. The van der Waals surface area contributed by atoms with Crippen molar-refractivity contribution in [2.75, 3.05) is 18.0 Å². The van der Waals surface area contributed by atoms with Crippen molar-refractivity contribution in [3.05, 3.63) is 75.5 Å². The second kappa shape index (κ2) is 7.56. The fourth-order valence-electron chi connectivity index (χ4n) is 5.42. The number of fused-ring (bicyclic) bond motifs is 2. The fraction of sp³-hybridized carbons (Fsp3) is 0.385. The third-order valence-electron chi connectivity index (χ3n) is 6.71. The molecular formula is C26H30N4O. The van der Waals surface area contributed by atoms with E-state index in [9.17, 15) is 4.79 Å². The summed E-state index contributed by atoms with van der Waals surface area (Å²) in [6.07, 6.45) is 2.83.